The number of hydrogen-bond acceptors (Lipinski definition) is 4. The number of rotatable bonds is 3. The van der Waals surface area contributed by atoms with Gasteiger partial charge in [0.15, 0.2) is 0 Å². The van der Waals surface area contributed by atoms with Crippen molar-refractivity contribution < 1.29 is 14.4 Å². The number of nitrogens with one attached hydrogen (secondary N) is 1. The highest BCUT2D eigenvalue weighted by atomic mass is 16.2. The summed E-state index contributed by atoms with van der Waals surface area (Å²) < 4.78 is 0. The molecule has 1 aliphatic heterocycles. The van der Waals surface area contributed by atoms with Crippen LogP contribution < -0.4 is 5.32 Å². The van der Waals surface area contributed by atoms with Gasteiger partial charge < -0.3 is 5.32 Å². The third kappa shape index (κ3) is 1.87. The monoisotopic (exact) mass is 297 g/mol. The second-order valence-corrected chi connectivity index (χ2v) is 6.03. The van der Waals surface area contributed by atoms with Crippen LogP contribution in [0, 0.1) is 23.7 Å². The Morgan fingerprint density at radius 2 is 1.86 bits per heavy atom. The van der Waals surface area contributed by atoms with E-state index < -0.39 is 5.91 Å². The van der Waals surface area contributed by atoms with Gasteiger partial charge in [0.05, 0.1) is 11.8 Å². The lowest BCUT2D eigenvalue weighted by molar-refractivity contribution is -0.143. The van der Waals surface area contributed by atoms with Crippen LogP contribution in [0.5, 0.6) is 0 Å². The van der Waals surface area contributed by atoms with Crippen molar-refractivity contribution in [3.8, 4) is 0 Å². The van der Waals surface area contributed by atoms with Crippen LogP contribution in [0.1, 0.15) is 6.42 Å². The minimum atomic E-state index is -0.402. The van der Waals surface area contributed by atoms with Gasteiger partial charge >= 0.3 is 0 Å². The van der Waals surface area contributed by atoms with Crippen molar-refractivity contribution in [2.24, 2.45) is 23.7 Å². The van der Waals surface area contributed by atoms with Crippen LogP contribution in [-0.4, -0.2) is 34.2 Å². The second kappa shape index (κ2) is 4.76. The maximum Gasteiger partial charge on any atom is 0.245 e. The van der Waals surface area contributed by atoms with Crippen LogP contribution in [0.2, 0.25) is 0 Å². The Balaban J connectivity index is 1.47. The lowest BCUT2D eigenvalue weighted by Gasteiger charge is -2.16. The van der Waals surface area contributed by atoms with Crippen molar-refractivity contribution in [3.05, 3.63) is 36.5 Å². The van der Waals surface area contributed by atoms with Gasteiger partial charge in [0.1, 0.15) is 12.4 Å². The molecule has 1 saturated heterocycles. The summed E-state index contributed by atoms with van der Waals surface area (Å²) in [4.78, 5) is 42.0. The van der Waals surface area contributed by atoms with Crippen LogP contribution >= 0.6 is 0 Å². The predicted octanol–water partition coefficient (Wildman–Crippen LogP) is 0.827. The maximum absolute atomic E-state index is 12.5. The van der Waals surface area contributed by atoms with E-state index in [0.29, 0.717) is 5.82 Å². The van der Waals surface area contributed by atoms with E-state index in [0.717, 1.165) is 11.3 Å². The Bertz CT molecular complexity index is 655. The number of pyridine rings is 1. The largest absolute Gasteiger partial charge is 0.309 e. The highest BCUT2D eigenvalue weighted by Crippen LogP contribution is 2.52. The summed E-state index contributed by atoms with van der Waals surface area (Å²) in [6.45, 7) is -0.235. The van der Waals surface area contributed by atoms with E-state index in [1.54, 1.807) is 24.4 Å². The average molecular weight is 297 g/mol. The summed E-state index contributed by atoms with van der Waals surface area (Å²) in [5.74, 6) is -0.596. The SMILES string of the molecule is O=C(CN1C(=O)[C@@H]2[C@@H](C1=O)[C@H]1C=C[C@H]2C1)Nc1ccccn1. The van der Waals surface area contributed by atoms with E-state index in [9.17, 15) is 14.4 Å². The van der Waals surface area contributed by atoms with Crippen LogP contribution in [0.3, 0.4) is 0 Å². The quantitative estimate of drug-likeness (QED) is 0.662. The number of carbonyl (C=O) groups excluding carboxylic acids is 3. The minimum Gasteiger partial charge on any atom is -0.309 e. The Hall–Kier alpha value is -2.50. The van der Waals surface area contributed by atoms with Gasteiger partial charge in [-0.3, -0.25) is 19.3 Å². The molecule has 6 nitrogen and oxygen atoms in total. The fraction of sp³-hybridized carbons (Fsp3) is 0.375. The second-order valence-electron chi connectivity index (χ2n) is 6.03. The van der Waals surface area contributed by atoms with Gasteiger partial charge in [0.2, 0.25) is 17.7 Å². The van der Waals surface area contributed by atoms with Crippen LogP contribution in [0.15, 0.2) is 36.5 Å². The zero-order valence-corrected chi connectivity index (χ0v) is 11.8. The van der Waals surface area contributed by atoms with Gasteiger partial charge in [-0.15, -0.1) is 0 Å². The van der Waals surface area contributed by atoms with E-state index in [4.69, 9.17) is 0 Å². The third-order valence-corrected chi connectivity index (χ3v) is 4.80. The minimum absolute atomic E-state index is 0.162. The topological polar surface area (TPSA) is 79.4 Å². The number of carbonyl (C=O) groups is 3. The van der Waals surface area contributed by atoms with E-state index >= 15 is 0 Å². The lowest BCUT2D eigenvalue weighted by atomic mass is 9.85. The highest BCUT2D eigenvalue weighted by Gasteiger charge is 2.59. The molecule has 0 radical (unpaired) electrons. The number of aromatic nitrogens is 1. The number of amides is 3. The Labute approximate surface area is 127 Å². The molecule has 0 spiro atoms. The van der Waals surface area contributed by atoms with Crippen LogP contribution in [-0.2, 0) is 14.4 Å². The van der Waals surface area contributed by atoms with Gasteiger partial charge in [-0.2, -0.15) is 0 Å². The maximum atomic E-state index is 12.5. The van der Waals surface area contributed by atoms with Crippen molar-refractivity contribution >= 4 is 23.5 Å². The molecular formula is C16H15N3O3. The standard InChI is InChI=1S/C16H15N3O3/c20-12(18-11-3-1-2-6-17-11)8-19-15(21)13-9-4-5-10(7-9)14(13)16(19)22/h1-6,9-10,13-14H,7-8H2,(H,17,18,20)/t9-,10-,13-,14-/m0/s1. The number of allylic oxidation sites excluding steroid dienone is 2. The predicted molar refractivity (Wildman–Crippen MR) is 77.3 cm³/mol. The number of hydrogen-bond donors (Lipinski definition) is 1. The van der Waals surface area contributed by atoms with Crippen molar-refractivity contribution in [1.82, 2.24) is 9.88 Å². The average Bonchev–Trinajstić information content (AvgIpc) is 3.18. The van der Waals surface area contributed by atoms with Crippen molar-refractivity contribution in [2.45, 2.75) is 6.42 Å². The molecule has 3 aliphatic rings. The molecule has 4 rings (SSSR count). The molecule has 2 heterocycles. The molecule has 0 aromatic carbocycles. The Kier molecular flexibility index (Phi) is 2.85. The van der Waals surface area contributed by atoms with Gasteiger partial charge in [0, 0.05) is 6.20 Å². The normalized spacial score (nSPS) is 31.7. The zero-order chi connectivity index (χ0) is 15.3. The van der Waals surface area contributed by atoms with Gasteiger partial charge in [-0.25, -0.2) is 4.98 Å². The number of anilines is 1. The van der Waals surface area contributed by atoms with E-state index in [2.05, 4.69) is 10.3 Å². The molecular weight excluding hydrogens is 282 g/mol. The van der Waals surface area contributed by atoms with Gasteiger partial charge in [-0.1, -0.05) is 18.2 Å². The van der Waals surface area contributed by atoms with E-state index in [1.807, 2.05) is 12.2 Å². The van der Waals surface area contributed by atoms with E-state index in [-0.39, 0.29) is 42.0 Å². The molecule has 0 unspecified atom stereocenters. The summed E-state index contributed by atoms with van der Waals surface area (Å²) in [7, 11) is 0. The van der Waals surface area contributed by atoms with Gasteiger partial charge in [-0.05, 0) is 30.4 Å². The molecule has 1 saturated carbocycles. The summed E-state index contributed by atoms with van der Waals surface area (Å²) in [5.41, 5.74) is 0. The zero-order valence-electron chi connectivity index (χ0n) is 11.8. The molecule has 2 bridgehead atoms. The Morgan fingerprint density at radius 3 is 2.45 bits per heavy atom. The fourth-order valence-electron chi connectivity index (χ4n) is 3.88. The third-order valence-electron chi connectivity index (χ3n) is 4.80. The van der Waals surface area contributed by atoms with Crippen LogP contribution in [0.4, 0.5) is 5.82 Å². The summed E-state index contributed by atoms with van der Waals surface area (Å²) in [5, 5.41) is 2.60. The number of likely N-dealkylation sites (tertiary alicyclic amines) is 1. The molecule has 22 heavy (non-hydrogen) atoms. The van der Waals surface area contributed by atoms with Crippen molar-refractivity contribution in [3.63, 3.8) is 0 Å². The first-order valence-corrected chi connectivity index (χ1v) is 7.39. The van der Waals surface area contributed by atoms with Crippen molar-refractivity contribution in [2.75, 3.05) is 11.9 Å². The first kappa shape index (κ1) is 13.2. The molecule has 112 valence electrons. The highest BCUT2D eigenvalue weighted by molar-refractivity contribution is 6.09. The van der Waals surface area contributed by atoms with Crippen molar-refractivity contribution in [1.29, 1.82) is 0 Å². The van der Waals surface area contributed by atoms with E-state index in [1.165, 1.54) is 0 Å². The number of nitrogens with zero attached hydrogens (tertiary/aromatic N) is 2. The molecule has 1 aromatic heterocycles. The van der Waals surface area contributed by atoms with Gasteiger partial charge in [0.25, 0.3) is 0 Å². The summed E-state index contributed by atoms with van der Waals surface area (Å²) in [6.07, 6.45) is 6.53. The molecule has 2 aliphatic carbocycles. The lowest BCUT2D eigenvalue weighted by Crippen LogP contribution is -2.39. The van der Waals surface area contributed by atoms with Crippen LogP contribution in [0.25, 0.3) is 0 Å². The number of fused-ring (bicyclic) bond motifs is 5. The molecule has 2 fully saturated rings. The first-order valence-electron chi connectivity index (χ1n) is 7.39. The molecule has 6 heteroatoms. The molecule has 4 atom stereocenters. The Morgan fingerprint density at radius 1 is 1.18 bits per heavy atom. The number of imide groups is 1. The molecule has 1 aromatic rings. The summed E-state index contributed by atoms with van der Waals surface area (Å²) >= 11 is 0. The smallest absolute Gasteiger partial charge is 0.245 e. The first-order chi connectivity index (χ1) is 10.6. The summed E-state index contributed by atoms with van der Waals surface area (Å²) in [6, 6.07) is 5.15. The molecule has 3 amide bonds. The fourth-order valence-corrected chi connectivity index (χ4v) is 3.88. The molecule has 1 N–H and O–H groups in total.